The first kappa shape index (κ1) is 24.2. The minimum atomic E-state index is 0.0758. The zero-order chi connectivity index (χ0) is 29.9. The fourth-order valence-electron chi connectivity index (χ4n) is 8.01. The third-order valence-electron chi connectivity index (χ3n) is 9.85. The average molecular weight is 589 g/mol. The molecule has 0 saturated carbocycles. The van der Waals surface area contributed by atoms with E-state index >= 15 is 0 Å². The second-order valence-electron chi connectivity index (χ2n) is 12.2. The fraction of sp³-hybridized carbons (Fsp3) is 0.0500. The minimum absolute atomic E-state index is 0.0758. The van der Waals surface area contributed by atoms with E-state index in [-0.39, 0.29) is 6.04 Å². The molecule has 0 amide bonds. The number of hydrogen-bond acceptors (Lipinski definition) is 5. The highest BCUT2D eigenvalue weighted by Crippen LogP contribution is 2.56. The van der Waals surface area contributed by atoms with Crippen LogP contribution in [-0.2, 0) is 6.42 Å². The molecule has 6 heteroatoms. The Hall–Kier alpha value is -6.14. The number of hydrogen-bond donors (Lipinski definition) is 0. The van der Waals surface area contributed by atoms with Crippen LogP contribution in [0.15, 0.2) is 115 Å². The molecule has 1 aliphatic heterocycles. The molecule has 0 bridgehead atoms. The van der Waals surface area contributed by atoms with Crippen LogP contribution in [0.5, 0.6) is 0 Å². The van der Waals surface area contributed by atoms with Crippen molar-refractivity contribution in [3.63, 3.8) is 0 Å². The Balaban J connectivity index is 1.27. The van der Waals surface area contributed by atoms with Crippen LogP contribution >= 0.6 is 0 Å². The fourth-order valence-corrected chi connectivity index (χ4v) is 8.01. The quantitative estimate of drug-likeness (QED) is 0.194. The van der Waals surface area contributed by atoms with Gasteiger partial charge in [-0.05, 0) is 58.1 Å². The molecule has 1 unspecified atom stereocenters. The summed E-state index contributed by atoms with van der Waals surface area (Å²) in [7, 11) is 0. The van der Waals surface area contributed by atoms with Gasteiger partial charge in [-0.3, -0.25) is 4.57 Å². The number of nitrogens with zero attached hydrogens (tertiary/aromatic N) is 6. The third kappa shape index (κ3) is 3.05. The van der Waals surface area contributed by atoms with Crippen LogP contribution in [0, 0.1) is 0 Å². The van der Waals surface area contributed by atoms with Crippen molar-refractivity contribution in [1.29, 1.82) is 0 Å². The molecule has 1 atom stereocenters. The Bertz CT molecular complexity index is 2600. The van der Waals surface area contributed by atoms with Crippen molar-refractivity contribution in [3.05, 3.63) is 137 Å². The van der Waals surface area contributed by atoms with E-state index in [0.29, 0.717) is 17.6 Å². The smallest absolute Gasteiger partial charge is 0.238 e. The van der Waals surface area contributed by atoms with Gasteiger partial charge < -0.3 is 4.90 Å². The van der Waals surface area contributed by atoms with Gasteiger partial charge in [0, 0.05) is 33.5 Å². The van der Waals surface area contributed by atoms with Gasteiger partial charge in [0.05, 0.1) is 22.6 Å². The lowest BCUT2D eigenvalue weighted by molar-refractivity contribution is 0.876. The monoisotopic (exact) mass is 588 g/mol. The van der Waals surface area contributed by atoms with E-state index < -0.39 is 0 Å². The number of rotatable bonds is 4. The van der Waals surface area contributed by atoms with Gasteiger partial charge in [0.15, 0.2) is 11.6 Å². The first-order valence-electron chi connectivity index (χ1n) is 15.7. The molecule has 0 fully saturated rings. The minimum Gasteiger partial charge on any atom is -0.315 e. The van der Waals surface area contributed by atoms with E-state index in [0.717, 1.165) is 34.2 Å². The van der Waals surface area contributed by atoms with Crippen LogP contribution in [0.25, 0.3) is 73.3 Å². The predicted molar refractivity (Wildman–Crippen MR) is 184 cm³/mol. The van der Waals surface area contributed by atoms with E-state index in [1.54, 1.807) is 0 Å². The lowest BCUT2D eigenvalue weighted by Gasteiger charge is -2.27. The van der Waals surface area contributed by atoms with Crippen molar-refractivity contribution in [2.75, 3.05) is 4.90 Å². The highest BCUT2D eigenvalue weighted by Gasteiger charge is 2.39. The lowest BCUT2D eigenvalue weighted by atomic mass is 9.83. The molecular weight excluding hydrogens is 564 g/mol. The maximum absolute atomic E-state index is 5.17. The average Bonchev–Trinajstić information content (AvgIpc) is 3.66. The summed E-state index contributed by atoms with van der Waals surface area (Å²) in [6, 6.07) is 35.8. The van der Waals surface area contributed by atoms with E-state index in [1.807, 2.05) is 48.7 Å². The van der Waals surface area contributed by atoms with Crippen molar-refractivity contribution < 1.29 is 0 Å². The molecule has 46 heavy (non-hydrogen) atoms. The zero-order valence-corrected chi connectivity index (χ0v) is 24.6. The van der Waals surface area contributed by atoms with Crippen LogP contribution < -0.4 is 10.2 Å². The second-order valence-corrected chi connectivity index (χ2v) is 12.2. The zero-order valence-electron chi connectivity index (χ0n) is 24.6. The molecule has 0 radical (unpaired) electrons. The summed E-state index contributed by atoms with van der Waals surface area (Å²) in [4.78, 5) is 22.5. The Labute approximate surface area is 263 Å². The van der Waals surface area contributed by atoms with Crippen LogP contribution in [0.4, 0.5) is 11.5 Å². The standard InChI is InChI=1S/C40H24N6/c1-3-9-25(10-4-1)38-42-39(26-11-5-2-6-12-26)44-40(43-38)46-29-20-16-23-14-18-27-34-32(23)36(29)37-30(46)21-17-24-15-19-28(35(34)33(24)37)45(27)31-13-7-8-22-41-31/h1-16,18-22,27H,17H2. The normalized spacial score (nSPS) is 15.6. The molecule has 0 N–H and O–H groups in total. The molecule has 6 nitrogen and oxygen atoms in total. The number of benzene rings is 5. The Morgan fingerprint density at radius 3 is 2.13 bits per heavy atom. The molecule has 3 aliphatic rings. The Kier molecular flexibility index (Phi) is 4.60. The van der Waals surface area contributed by atoms with Crippen LogP contribution in [0.2, 0.25) is 0 Å². The number of aromatic nitrogens is 5. The van der Waals surface area contributed by atoms with Crippen molar-refractivity contribution >= 4 is 56.1 Å². The second kappa shape index (κ2) is 8.73. The molecule has 214 valence electrons. The summed E-state index contributed by atoms with van der Waals surface area (Å²) < 4.78 is 2.28. The van der Waals surface area contributed by atoms with Crippen molar-refractivity contribution in [2.45, 2.75) is 12.5 Å². The van der Waals surface area contributed by atoms with Gasteiger partial charge in [0.1, 0.15) is 5.82 Å². The summed E-state index contributed by atoms with van der Waals surface area (Å²) in [6.45, 7) is 0. The topological polar surface area (TPSA) is 59.7 Å². The maximum atomic E-state index is 5.17. The molecule has 8 aromatic rings. The van der Waals surface area contributed by atoms with Crippen LogP contribution in [0.1, 0.15) is 22.7 Å². The molecule has 0 spiro atoms. The van der Waals surface area contributed by atoms with Gasteiger partial charge in [0.2, 0.25) is 5.95 Å². The summed E-state index contributed by atoms with van der Waals surface area (Å²) >= 11 is 0. The molecule has 11 rings (SSSR count). The summed E-state index contributed by atoms with van der Waals surface area (Å²) in [5.41, 5.74) is 8.25. The van der Waals surface area contributed by atoms with Crippen molar-refractivity contribution in [3.8, 4) is 28.7 Å². The van der Waals surface area contributed by atoms with Gasteiger partial charge >= 0.3 is 0 Å². The summed E-state index contributed by atoms with van der Waals surface area (Å²) in [5.74, 6) is 2.92. The van der Waals surface area contributed by atoms with Crippen molar-refractivity contribution in [2.24, 2.45) is 0 Å². The Morgan fingerprint density at radius 1 is 0.630 bits per heavy atom. The highest BCUT2D eigenvalue weighted by molar-refractivity contribution is 6.30. The highest BCUT2D eigenvalue weighted by atomic mass is 15.2. The SMILES string of the molecule is C1=CC2c3c4c(ccc5c4c4c(n(-c6nc(-c7ccccc7)nc(-c7ccccc7)n6)c6ccc1c3c46)=CC5)N2c1ccccn1. The molecule has 5 aromatic carbocycles. The van der Waals surface area contributed by atoms with Crippen molar-refractivity contribution in [1.82, 2.24) is 24.5 Å². The molecular formula is C40H24N6. The van der Waals surface area contributed by atoms with E-state index in [1.165, 1.54) is 49.3 Å². The van der Waals surface area contributed by atoms with E-state index in [9.17, 15) is 0 Å². The lowest BCUT2D eigenvalue weighted by Crippen LogP contribution is -2.20. The van der Waals surface area contributed by atoms with E-state index in [2.05, 4.69) is 88.4 Å². The third-order valence-corrected chi connectivity index (χ3v) is 9.85. The number of pyridine rings is 1. The number of anilines is 2. The Morgan fingerprint density at radius 2 is 1.39 bits per heavy atom. The van der Waals surface area contributed by atoms with Gasteiger partial charge in [0.25, 0.3) is 0 Å². The first-order chi connectivity index (χ1) is 22.8. The molecule has 4 heterocycles. The predicted octanol–water partition coefficient (Wildman–Crippen LogP) is 8.13. The molecule has 3 aromatic heterocycles. The van der Waals surface area contributed by atoms with E-state index in [4.69, 9.17) is 19.9 Å². The summed E-state index contributed by atoms with van der Waals surface area (Å²) in [5, 5.41) is 7.72. The summed E-state index contributed by atoms with van der Waals surface area (Å²) in [6.07, 6.45) is 9.71. The van der Waals surface area contributed by atoms with Crippen LogP contribution in [-0.4, -0.2) is 24.5 Å². The molecule has 2 aliphatic carbocycles. The van der Waals surface area contributed by atoms with Gasteiger partial charge in [-0.2, -0.15) is 9.97 Å². The first-order valence-corrected chi connectivity index (χ1v) is 15.7. The van der Waals surface area contributed by atoms with Gasteiger partial charge in [-0.1, -0.05) is 97.1 Å². The van der Waals surface area contributed by atoms with Gasteiger partial charge in [-0.25, -0.2) is 9.97 Å². The van der Waals surface area contributed by atoms with Gasteiger partial charge in [-0.15, -0.1) is 0 Å². The maximum Gasteiger partial charge on any atom is 0.238 e. The molecule has 0 saturated heterocycles. The largest absolute Gasteiger partial charge is 0.315 e. The van der Waals surface area contributed by atoms with Crippen LogP contribution in [0.3, 0.4) is 0 Å².